The molecule has 0 heterocycles. The molecule has 0 aromatic carbocycles. The van der Waals surface area contributed by atoms with Crippen LogP contribution in [0.5, 0.6) is 0 Å². The average Bonchev–Trinajstić information content (AvgIpc) is 2.09. The smallest absolute Gasteiger partial charge is 0.303 e. The summed E-state index contributed by atoms with van der Waals surface area (Å²) >= 11 is 0. The first-order chi connectivity index (χ1) is 6.49. The maximum Gasteiger partial charge on any atom is 0.303 e. The van der Waals surface area contributed by atoms with E-state index in [2.05, 4.69) is 0 Å². The number of aliphatic carboxylic acids is 1. The minimum atomic E-state index is -0.782. The van der Waals surface area contributed by atoms with Crippen LogP contribution in [0.3, 0.4) is 0 Å². The molecule has 0 aromatic heterocycles. The summed E-state index contributed by atoms with van der Waals surface area (Å²) in [5, 5.41) is 8.53. The fourth-order valence-corrected chi connectivity index (χ4v) is 1.75. The minimum absolute atomic E-state index is 0.0411. The highest BCUT2D eigenvalue weighted by Gasteiger charge is 2.21. The van der Waals surface area contributed by atoms with Crippen LogP contribution in [0, 0.1) is 11.8 Å². The Morgan fingerprint density at radius 3 is 2.21 bits per heavy atom. The first kappa shape index (κ1) is 13.1. The van der Waals surface area contributed by atoms with Crippen LogP contribution < -0.4 is 0 Å². The summed E-state index contributed by atoms with van der Waals surface area (Å²) < 4.78 is 0. The van der Waals surface area contributed by atoms with E-state index in [0.717, 1.165) is 12.8 Å². The lowest BCUT2D eigenvalue weighted by Crippen LogP contribution is -2.20. The second-order valence-electron chi connectivity index (χ2n) is 3.92. The van der Waals surface area contributed by atoms with Gasteiger partial charge in [-0.15, -0.1) is 0 Å². The zero-order chi connectivity index (χ0) is 11.1. The molecule has 82 valence electrons. The Morgan fingerprint density at radius 2 is 1.86 bits per heavy atom. The zero-order valence-electron chi connectivity index (χ0n) is 9.25. The van der Waals surface area contributed by atoms with Crippen LogP contribution in [0.25, 0.3) is 0 Å². The van der Waals surface area contributed by atoms with Crippen LogP contribution >= 0.6 is 0 Å². The van der Waals surface area contributed by atoms with Gasteiger partial charge in [0.05, 0.1) is 0 Å². The summed E-state index contributed by atoms with van der Waals surface area (Å²) in [6.07, 6.45) is 2.60. The molecule has 0 aromatic rings. The second-order valence-corrected chi connectivity index (χ2v) is 3.92. The largest absolute Gasteiger partial charge is 0.481 e. The molecule has 0 aliphatic carbocycles. The first-order valence-corrected chi connectivity index (χ1v) is 5.21. The Balaban J connectivity index is 4.07. The lowest BCUT2D eigenvalue weighted by Gasteiger charge is -2.20. The quantitative estimate of drug-likeness (QED) is 0.687. The van der Waals surface area contributed by atoms with E-state index in [0.29, 0.717) is 6.42 Å². The maximum atomic E-state index is 11.3. The molecule has 3 nitrogen and oxygen atoms in total. The van der Waals surface area contributed by atoms with Crippen molar-refractivity contribution in [3.8, 4) is 0 Å². The number of carboxylic acids is 1. The Morgan fingerprint density at radius 1 is 1.29 bits per heavy atom. The van der Waals surface area contributed by atoms with Crippen molar-refractivity contribution in [1.29, 1.82) is 0 Å². The molecule has 0 bridgehead atoms. The lowest BCUT2D eigenvalue weighted by molar-refractivity contribution is -0.137. The van der Waals surface area contributed by atoms with Gasteiger partial charge in [-0.25, -0.2) is 0 Å². The minimum Gasteiger partial charge on any atom is -0.481 e. The first-order valence-electron chi connectivity index (χ1n) is 5.21. The van der Waals surface area contributed by atoms with E-state index in [9.17, 15) is 9.59 Å². The number of carbonyl (C=O) groups is 2. The van der Waals surface area contributed by atoms with Crippen molar-refractivity contribution in [2.24, 2.45) is 11.8 Å². The Kier molecular flexibility index (Phi) is 6.17. The van der Waals surface area contributed by atoms with Crippen LogP contribution in [0.4, 0.5) is 0 Å². The van der Waals surface area contributed by atoms with Crippen molar-refractivity contribution in [2.45, 2.75) is 46.5 Å². The molecule has 0 spiro atoms. The molecule has 0 aliphatic heterocycles. The van der Waals surface area contributed by atoms with Crippen LogP contribution in [0.2, 0.25) is 0 Å². The number of rotatable bonds is 7. The van der Waals surface area contributed by atoms with Gasteiger partial charge in [0.15, 0.2) is 0 Å². The fourth-order valence-electron chi connectivity index (χ4n) is 1.75. The van der Waals surface area contributed by atoms with Crippen molar-refractivity contribution in [3.63, 3.8) is 0 Å². The van der Waals surface area contributed by atoms with Gasteiger partial charge in [-0.05, 0) is 25.7 Å². The Labute approximate surface area is 85.5 Å². The lowest BCUT2D eigenvalue weighted by atomic mass is 9.84. The highest BCUT2D eigenvalue weighted by molar-refractivity contribution is 5.78. The third kappa shape index (κ3) is 5.00. The zero-order valence-corrected chi connectivity index (χ0v) is 9.25. The third-order valence-electron chi connectivity index (χ3n) is 2.62. The highest BCUT2D eigenvalue weighted by atomic mass is 16.4. The summed E-state index contributed by atoms with van der Waals surface area (Å²) in [7, 11) is 0. The predicted molar refractivity (Wildman–Crippen MR) is 55.1 cm³/mol. The molecule has 0 fully saturated rings. The van der Waals surface area contributed by atoms with Gasteiger partial charge in [0.1, 0.15) is 5.78 Å². The number of hydrogen-bond donors (Lipinski definition) is 1. The standard InChI is InChI=1S/C11H20O3/c1-4-5-10(9(3)12)8(2)6-7-11(13)14/h8,10H,4-7H2,1-3H3,(H,13,14). The molecule has 0 rings (SSSR count). The topological polar surface area (TPSA) is 54.4 Å². The van der Waals surface area contributed by atoms with Crippen LogP contribution in [0.15, 0.2) is 0 Å². The van der Waals surface area contributed by atoms with E-state index in [1.807, 2.05) is 13.8 Å². The fraction of sp³-hybridized carbons (Fsp3) is 0.818. The van der Waals surface area contributed by atoms with E-state index in [-0.39, 0.29) is 24.0 Å². The molecule has 0 amide bonds. The van der Waals surface area contributed by atoms with Gasteiger partial charge in [-0.2, -0.15) is 0 Å². The van der Waals surface area contributed by atoms with E-state index >= 15 is 0 Å². The molecule has 1 N–H and O–H groups in total. The van der Waals surface area contributed by atoms with Gasteiger partial charge < -0.3 is 5.11 Å². The number of hydrogen-bond acceptors (Lipinski definition) is 2. The number of carbonyl (C=O) groups excluding carboxylic acids is 1. The SMILES string of the molecule is CCCC(C(C)=O)C(C)CCC(=O)O. The Bertz CT molecular complexity index is 199. The molecule has 14 heavy (non-hydrogen) atoms. The van der Waals surface area contributed by atoms with E-state index < -0.39 is 5.97 Å². The summed E-state index contributed by atoms with van der Waals surface area (Å²) in [5.41, 5.74) is 0. The molecular weight excluding hydrogens is 180 g/mol. The van der Waals surface area contributed by atoms with Gasteiger partial charge in [0, 0.05) is 12.3 Å². The van der Waals surface area contributed by atoms with E-state index in [4.69, 9.17) is 5.11 Å². The molecule has 3 heteroatoms. The summed E-state index contributed by atoms with van der Waals surface area (Å²) in [4.78, 5) is 21.6. The molecular formula is C11H20O3. The van der Waals surface area contributed by atoms with Crippen molar-refractivity contribution >= 4 is 11.8 Å². The predicted octanol–water partition coefficient (Wildman–Crippen LogP) is 2.49. The summed E-state index contributed by atoms with van der Waals surface area (Å²) in [5.74, 6) is -0.372. The molecule has 0 radical (unpaired) electrons. The molecule has 0 saturated heterocycles. The normalized spacial score (nSPS) is 14.8. The van der Waals surface area contributed by atoms with Crippen molar-refractivity contribution < 1.29 is 14.7 Å². The summed E-state index contributed by atoms with van der Waals surface area (Å²) in [6, 6.07) is 0. The maximum absolute atomic E-state index is 11.3. The highest BCUT2D eigenvalue weighted by Crippen LogP contribution is 2.22. The third-order valence-corrected chi connectivity index (χ3v) is 2.62. The average molecular weight is 200 g/mol. The van der Waals surface area contributed by atoms with E-state index in [1.165, 1.54) is 0 Å². The molecule has 0 aliphatic rings. The van der Waals surface area contributed by atoms with Gasteiger partial charge in [-0.3, -0.25) is 9.59 Å². The second kappa shape index (κ2) is 6.57. The number of carboxylic acid groups (broad SMARTS) is 1. The van der Waals surface area contributed by atoms with Crippen LogP contribution in [-0.2, 0) is 9.59 Å². The Hall–Kier alpha value is -0.860. The van der Waals surface area contributed by atoms with Gasteiger partial charge in [-0.1, -0.05) is 20.3 Å². The van der Waals surface area contributed by atoms with Crippen molar-refractivity contribution in [2.75, 3.05) is 0 Å². The van der Waals surface area contributed by atoms with Gasteiger partial charge in [0.2, 0.25) is 0 Å². The van der Waals surface area contributed by atoms with Crippen molar-refractivity contribution in [3.05, 3.63) is 0 Å². The molecule has 0 saturated carbocycles. The van der Waals surface area contributed by atoms with Crippen molar-refractivity contribution in [1.82, 2.24) is 0 Å². The monoisotopic (exact) mass is 200 g/mol. The van der Waals surface area contributed by atoms with E-state index in [1.54, 1.807) is 6.92 Å². The number of ketones is 1. The van der Waals surface area contributed by atoms with Gasteiger partial charge >= 0.3 is 5.97 Å². The summed E-state index contributed by atoms with van der Waals surface area (Å²) in [6.45, 7) is 5.60. The molecule has 2 unspecified atom stereocenters. The van der Waals surface area contributed by atoms with Crippen LogP contribution in [0.1, 0.15) is 46.5 Å². The molecule has 2 atom stereocenters. The van der Waals surface area contributed by atoms with Gasteiger partial charge in [0.25, 0.3) is 0 Å². The van der Waals surface area contributed by atoms with Crippen LogP contribution in [-0.4, -0.2) is 16.9 Å². The number of Topliss-reactive ketones (excluding diaryl/α,β-unsaturated/α-hetero) is 1.